The topological polar surface area (TPSA) is 113 Å². The van der Waals surface area contributed by atoms with Crippen LogP contribution in [0.15, 0.2) is 71.3 Å². The third-order valence-corrected chi connectivity index (χ3v) is 7.51. The van der Waals surface area contributed by atoms with Crippen LogP contribution in [0.2, 0.25) is 0 Å². The average molecular weight is 558 g/mol. The maximum atomic E-state index is 13.9. The molecule has 212 valence electrons. The van der Waals surface area contributed by atoms with E-state index in [0.717, 1.165) is 41.7 Å². The molecule has 0 radical (unpaired) electrons. The van der Waals surface area contributed by atoms with Gasteiger partial charge >= 0.3 is 0 Å². The molecule has 3 aromatic rings. The van der Waals surface area contributed by atoms with Gasteiger partial charge in [0.15, 0.2) is 23.0 Å². The molecule has 0 bridgehead atoms. The zero-order chi connectivity index (χ0) is 29.1. The number of benzene rings is 3. The first-order valence-corrected chi connectivity index (χ1v) is 13.2. The molecule has 0 spiro atoms. The van der Waals surface area contributed by atoms with Crippen molar-refractivity contribution in [3.8, 4) is 23.0 Å². The number of amides is 1. The summed E-state index contributed by atoms with van der Waals surface area (Å²) in [6.45, 7) is 0. The fourth-order valence-corrected chi connectivity index (χ4v) is 5.57. The van der Waals surface area contributed by atoms with Crippen molar-refractivity contribution >= 4 is 23.4 Å². The lowest BCUT2D eigenvalue weighted by atomic mass is 9.77. The molecule has 3 aromatic carbocycles. The zero-order valence-corrected chi connectivity index (χ0v) is 23.3. The number of rotatable bonds is 8. The van der Waals surface area contributed by atoms with Crippen molar-refractivity contribution in [2.45, 2.75) is 25.3 Å². The number of allylic oxidation sites excluding steroid dienone is 1. The van der Waals surface area contributed by atoms with E-state index in [2.05, 4.69) is 6.08 Å². The van der Waals surface area contributed by atoms with Crippen LogP contribution >= 0.6 is 0 Å². The van der Waals surface area contributed by atoms with E-state index in [0.29, 0.717) is 23.0 Å². The normalized spacial score (nSPS) is 18.9. The van der Waals surface area contributed by atoms with Crippen LogP contribution in [0.4, 0.5) is 5.69 Å². The van der Waals surface area contributed by atoms with Crippen molar-refractivity contribution in [3.63, 3.8) is 0 Å². The fourth-order valence-electron chi connectivity index (χ4n) is 5.57. The Balaban J connectivity index is 1.60. The van der Waals surface area contributed by atoms with Gasteiger partial charge in [-0.2, -0.15) is 5.10 Å². The summed E-state index contributed by atoms with van der Waals surface area (Å²) in [6.07, 6.45) is 4.59. The Labute approximate surface area is 237 Å². The van der Waals surface area contributed by atoms with Gasteiger partial charge in [0, 0.05) is 23.6 Å². The Bertz CT molecular complexity index is 1550. The number of hydrazone groups is 1. The number of nitro benzene ring substituents is 1. The summed E-state index contributed by atoms with van der Waals surface area (Å²) in [5, 5.41) is 17.8. The molecule has 1 fully saturated rings. The van der Waals surface area contributed by atoms with Gasteiger partial charge in [0.1, 0.15) is 0 Å². The number of methoxy groups -OCH3 is 4. The molecule has 10 heteroatoms. The van der Waals surface area contributed by atoms with Crippen molar-refractivity contribution in [3.05, 3.63) is 93.0 Å². The molecule has 2 unspecified atom stereocenters. The Hall–Kier alpha value is -4.86. The van der Waals surface area contributed by atoms with Gasteiger partial charge in [-0.3, -0.25) is 14.9 Å². The standard InChI is InChI=1S/C31H31N3O7/c1-38-25-13-11-19(16-27(25)40-3)15-20-7-6-10-24-29(20)32-33(31(35)22-8-5-9-23(17-22)34(36)37)30(24)21-12-14-26(39-2)28(18-21)41-4/h5,8-9,11-18,24,30H,6-7,10H2,1-4H3/b20-15+. The van der Waals surface area contributed by atoms with Gasteiger partial charge in [0.05, 0.1) is 45.1 Å². The highest BCUT2D eigenvalue weighted by molar-refractivity contribution is 6.09. The summed E-state index contributed by atoms with van der Waals surface area (Å²) in [5.41, 5.74) is 3.64. The molecule has 1 aliphatic carbocycles. The molecule has 0 aromatic heterocycles. The van der Waals surface area contributed by atoms with Crippen LogP contribution < -0.4 is 18.9 Å². The minimum Gasteiger partial charge on any atom is -0.493 e. The molecule has 0 N–H and O–H groups in total. The number of hydrogen-bond donors (Lipinski definition) is 0. The molecule has 1 heterocycles. The predicted octanol–water partition coefficient (Wildman–Crippen LogP) is 6.07. The van der Waals surface area contributed by atoms with Crippen LogP contribution in [0.3, 0.4) is 0 Å². The number of carbonyl (C=O) groups excluding carboxylic acids is 1. The third-order valence-electron chi connectivity index (χ3n) is 7.51. The number of hydrogen-bond acceptors (Lipinski definition) is 8. The van der Waals surface area contributed by atoms with Crippen molar-refractivity contribution in [2.75, 3.05) is 28.4 Å². The average Bonchev–Trinajstić information content (AvgIpc) is 3.40. The lowest BCUT2D eigenvalue weighted by Gasteiger charge is -2.30. The summed E-state index contributed by atoms with van der Waals surface area (Å²) in [7, 11) is 6.32. The Morgan fingerprint density at radius 1 is 0.927 bits per heavy atom. The van der Waals surface area contributed by atoms with Gasteiger partial charge in [0.25, 0.3) is 11.6 Å². The number of fused-ring (bicyclic) bond motifs is 1. The van der Waals surface area contributed by atoms with Crippen molar-refractivity contribution in [1.29, 1.82) is 0 Å². The highest BCUT2D eigenvalue weighted by atomic mass is 16.6. The van der Waals surface area contributed by atoms with E-state index in [4.69, 9.17) is 24.0 Å². The Kier molecular flexibility index (Phi) is 7.91. The van der Waals surface area contributed by atoms with Crippen molar-refractivity contribution in [1.82, 2.24) is 5.01 Å². The molecule has 2 atom stereocenters. The predicted molar refractivity (Wildman–Crippen MR) is 154 cm³/mol. The number of nitro groups is 1. The Morgan fingerprint density at radius 3 is 2.29 bits per heavy atom. The molecular weight excluding hydrogens is 526 g/mol. The van der Waals surface area contributed by atoms with Gasteiger partial charge < -0.3 is 18.9 Å². The quantitative estimate of drug-likeness (QED) is 0.244. The van der Waals surface area contributed by atoms with Crippen LogP contribution in [0.25, 0.3) is 6.08 Å². The van der Waals surface area contributed by atoms with E-state index in [1.807, 2.05) is 36.4 Å². The molecule has 41 heavy (non-hydrogen) atoms. The molecule has 1 aliphatic heterocycles. The highest BCUT2D eigenvalue weighted by Gasteiger charge is 2.44. The third kappa shape index (κ3) is 5.32. The summed E-state index contributed by atoms with van der Waals surface area (Å²) >= 11 is 0. The number of ether oxygens (including phenoxy) is 4. The minimum atomic E-state index is -0.512. The summed E-state index contributed by atoms with van der Waals surface area (Å²) in [5.74, 6) is 1.87. The highest BCUT2D eigenvalue weighted by Crippen LogP contribution is 2.46. The second-order valence-corrected chi connectivity index (χ2v) is 9.78. The molecule has 5 rings (SSSR count). The van der Waals surface area contributed by atoms with Gasteiger partial charge in [-0.1, -0.05) is 18.2 Å². The van der Waals surface area contributed by atoms with Gasteiger partial charge in [-0.15, -0.1) is 0 Å². The van der Waals surface area contributed by atoms with Crippen LogP contribution in [0.5, 0.6) is 23.0 Å². The maximum Gasteiger partial charge on any atom is 0.274 e. The van der Waals surface area contributed by atoms with Crippen molar-refractivity contribution in [2.24, 2.45) is 11.0 Å². The minimum absolute atomic E-state index is 0.0871. The van der Waals surface area contributed by atoms with Crippen molar-refractivity contribution < 1.29 is 28.7 Å². The Morgan fingerprint density at radius 2 is 1.61 bits per heavy atom. The molecule has 10 nitrogen and oxygen atoms in total. The van der Waals surface area contributed by atoms with Crippen LogP contribution in [0, 0.1) is 16.0 Å². The smallest absolute Gasteiger partial charge is 0.274 e. The second-order valence-electron chi connectivity index (χ2n) is 9.78. The van der Waals surface area contributed by atoms with Crippen LogP contribution in [0.1, 0.15) is 46.8 Å². The zero-order valence-electron chi connectivity index (χ0n) is 23.3. The van der Waals surface area contributed by atoms with E-state index in [1.54, 1.807) is 34.5 Å². The van der Waals surface area contributed by atoms with Gasteiger partial charge in [0.2, 0.25) is 0 Å². The SMILES string of the molecule is COc1ccc(/C=C2\CCCC3C2=NN(C(=O)c2cccc([N+](=O)[O-])c2)C3c2ccc(OC)c(OC)c2)cc1OC. The monoisotopic (exact) mass is 557 g/mol. The first-order chi connectivity index (χ1) is 19.9. The van der Waals surface area contributed by atoms with E-state index >= 15 is 0 Å². The van der Waals surface area contributed by atoms with E-state index < -0.39 is 16.9 Å². The summed E-state index contributed by atoms with van der Waals surface area (Å²) < 4.78 is 21.9. The molecule has 1 saturated carbocycles. The maximum absolute atomic E-state index is 13.9. The number of nitrogens with zero attached hydrogens (tertiary/aromatic N) is 3. The molecule has 2 aliphatic rings. The molecule has 1 amide bonds. The first kappa shape index (κ1) is 27.7. The largest absolute Gasteiger partial charge is 0.493 e. The fraction of sp³-hybridized carbons (Fsp3) is 0.290. The summed E-state index contributed by atoms with van der Waals surface area (Å²) in [4.78, 5) is 24.8. The van der Waals surface area contributed by atoms with Crippen LogP contribution in [-0.2, 0) is 0 Å². The number of carbonyl (C=O) groups is 1. The van der Waals surface area contributed by atoms with Gasteiger partial charge in [-0.25, -0.2) is 5.01 Å². The van der Waals surface area contributed by atoms with Gasteiger partial charge in [-0.05, 0) is 72.4 Å². The first-order valence-electron chi connectivity index (χ1n) is 13.2. The lowest BCUT2D eigenvalue weighted by molar-refractivity contribution is -0.384. The molecule has 0 saturated heterocycles. The van der Waals surface area contributed by atoms with E-state index in [-0.39, 0.29) is 17.2 Å². The van der Waals surface area contributed by atoms with E-state index in [9.17, 15) is 14.9 Å². The summed E-state index contributed by atoms with van der Waals surface area (Å²) in [6, 6.07) is 16.6. The second kappa shape index (κ2) is 11.7. The molecular formula is C31H31N3O7. The van der Waals surface area contributed by atoms with Crippen LogP contribution in [-0.4, -0.2) is 50.0 Å². The number of non-ortho nitro benzene ring substituents is 1. The lowest BCUT2D eigenvalue weighted by Crippen LogP contribution is -2.32. The van der Waals surface area contributed by atoms with E-state index in [1.165, 1.54) is 23.2 Å².